The lowest BCUT2D eigenvalue weighted by Crippen LogP contribution is -2.35. The molecule has 0 amide bonds. The molecule has 0 radical (unpaired) electrons. The second kappa shape index (κ2) is 9.70. The van der Waals surface area contributed by atoms with Crippen molar-refractivity contribution < 1.29 is 0 Å². The maximum Gasteiger partial charge on any atom is 0.128 e. The standard InChI is InChI=1S/C22H30N4S/c1-3-5-6-8-11-21-18(4-2)15-24-26(21)16-20-14-19(17-27-20)22(23)25-12-9-7-10-13-25/h4,6,8,11,14-15,17,23H,3,5,7,9-10,12-13,16H2,1-2H3/b8-6-,18-4-,21-11+,23-22?. The first-order valence-electron chi connectivity index (χ1n) is 9.99. The fourth-order valence-electron chi connectivity index (χ4n) is 3.40. The fourth-order valence-corrected chi connectivity index (χ4v) is 4.25. The number of hydrogen-bond acceptors (Lipinski definition) is 3. The molecule has 2 aromatic rings. The van der Waals surface area contributed by atoms with Gasteiger partial charge in [0, 0.05) is 34.1 Å². The van der Waals surface area contributed by atoms with Gasteiger partial charge in [0.1, 0.15) is 5.84 Å². The maximum absolute atomic E-state index is 8.51. The third-order valence-corrected chi connectivity index (χ3v) is 5.89. The number of allylic oxidation sites excluding steroid dienone is 2. The van der Waals surface area contributed by atoms with Crippen LogP contribution < -0.4 is 10.6 Å². The highest BCUT2D eigenvalue weighted by molar-refractivity contribution is 7.10. The Morgan fingerprint density at radius 1 is 1.30 bits per heavy atom. The molecule has 0 saturated carbocycles. The molecule has 0 unspecified atom stereocenters. The summed E-state index contributed by atoms with van der Waals surface area (Å²) in [5, 5.41) is 17.5. The van der Waals surface area contributed by atoms with Crippen molar-refractivity contribution in [3.8, 4) is 0 Å². The molecule has 5 heteroatoms. The number of amidine groups is 1. The van der Waals surface area contributed by atoms with Gasteiger partial charge in [0.25, 0.3) is 0 Å². The molecule has 27 heavy (non-hydrogen) atoms. The van der Waals surface area contributed by atoms with Gasteiger partial charge in [-0.1, -0.05) is 31.6 Å². The minimum atomic E-state index is 0.675. The number of aromatic nitrogens is 2. The first-order chi connectivity index (χ1) is 13.2. The summed E-state index contributed by atoms with van der Waals surface area (Å²) in [6.45, 7) is 7.02. The van der Waals surface area contributed by atoms with E-state index >= 15 is 0 Å². The zero-order valence-electron chi connectivity index (χ0n) is 16.4. The molecule has 0 bridgehead atoms. The van der Waals surface area contributed by atoms with Crippen LogP contribution in [0.4, 0.5) is 0 Å². The second-order valence-corrected chi connectivity index (χ2v) is 8.01. The normalized spacial score (nSPS) is 16.6. The van der Waals surface area contributed by atoms with Crippen LogP contribution in [0.5, 0.6) is 0 Å². The van der Waals surface area contributed by atoms with E-state index in [2.05, 4.69) is 64.3 Å². The predicted octanol–water partition coefficient (Wildman–Crippen LogP) is 3.74. The molecule has 1 aliphatic heterocycles. The molecule has 0 atom stereocenters. The number of hydrogen-bond donors (Lipinski definition) is 1. The van der Waals surface area contributed by atoms with Crippen molar-refractivity contribution in [2.45, 2.75) is 52.5 Å². The first kappa shape index (κ1) is 19.6. The van der Waals surface area contributed by atoms with Crippen LogP contribution in [0.3, 0.4) is 0 Å². The minimum absolute atomic E-state index is 0.675. The van der Waals surface area contributed by atoms with E-state index in [0.29, 0.717) is 5.84 Å². The van der Waals surface area contributed by atoms with E-state index in [0.717, 1.165) is 48.6 Å². The van der Waals surface area contributed by atoms with Gasteiger partial charge in [0.05, 0.1) is 18.1 Å². The first-order valence-corrected chi connectivity index (χ1v) is 10.9. The van der Waals surface area contributed by atoms with Gasteiger partial charge in [-0.15, -0.1) is 11.3 Å². The van der Waals surface area contributed by atoms with Crippen molar-refractivity contribution in [1.29, 1.82) is 5.41 Å². The number of nitrogens with one attached hydrogen (secondary N) is 1. The second-order valence-electron chi connectivity index (χ2n) is 7.01. The summed E-state index contributed by atoms with van der Waals surface area (Å²) in [7, 11) is 0. The topological polar surface area (TPSA) is 44.9 Å². The van der Waals surface area contributed by atoms with Crippen LogP contribution in [0.1, 0.15) is 56.4 Å². The van der Waals surface area contributed by atoms with Crippen LogP contribution in [0, 0.1) is 5.41 Å². The van der Waals surface area contributed by atoms with E-state index < -0.39 is 0 Å². The van der Waals surface area contributed by atoms with Gasteiger partial charge in [-0.2, -0.15) is 5.10 Å². The molecule has 0 spiro atoms. The molecule has 2 aromatic heterocycles. The quantitative estimate of drug-likeness (QED) is 0.611. The number of unbranched alkanes of at least 4 members (excludes halogenated alkanes) is 1. The summed E-state index contributed by atoms with van der Waals surface area (Å²) in [4.78, 5) is 3.45. The van der Waals surface area contributed by atoms with Crippen molar-refractivity contribution in [3.63, 3.8) is 0 Å². The molecule has 0 aromatic carbocycles. The molecule has 3 heterocycles. The summed E-state index contributed by atoms with van der Waals surface area (Å²) in [6.07, 6.45) is 16.5. The van der Waals surface area contributed by atoms with E-state index in [4.69, 9.17) is 5.41 Å². The van der Waals surface area contributed by atoms with Crippen molar-refractivity contribution in [2.75, 3.05) is 13.1 Å². The minimum Gasteiger partial charge on any atom is -0.357 e. The third-order valence-electron chi connectivity index (χ3n) is 4.97. The molecular weight excluding hydrogens is 352 g/mol. The fraction of sp³-hybridized carbons (Fsp3) is 0.455. The third kappa shape index (κ3) is 4.98. The van der Waals surface area contributed by atoms with E-state index in [1.165, 1.54) is 24.1 Å². The maximum atomic E-state index is 8.51. The van der Waals surface area contributed by atoms with E-state index in [1.54, 1.807) is 11.3 Å². The number of piperidine rings is 1. The molecular formula is C22H30N4S. The van der Waals surface area contributed by atoms with Gasteiger partial charge >= 0.3 is 0 Å². The van der Waals surface area contributed by atoms with Gasteiger partial charge in [-0.3, -0.25) is 10.1 Å². The van der Waals surface area contributed by atoms with E-state index in [9.17, 15) is 0 Å². The molecule has 1 N–H and O–H groups in total. The lowest BCUT2D eigenvalue weighted by atomic mass is 10.1. The Bertz CT molecular complexity index is 897. The summed E-state index contributed by atoms with van der Waals surface area (Å²) in [5.74, 6) is 0.675. The van der Waals surface area contributed by atoms with Crippen LogP contribution in [0.2, 0.25) is 0 Å². The average Bonchev–Trinajstić information content (AvgIpc) is 3.33. The van der Waals surface area contributed by atoms with Crippen LogP contribution in [0.25, 0.3) is 12.2 Å². The Labute approximate surface area is 166 Å². The average molecular weight is 383 g/mol. The lowest BCUT2D eigenvalue weighted by molar-refractivity contribution is 0.341. The van der Waals surface area contributed by atoms with Crippen LogP contribution in [-0.2, 0) is 6.54 Å². The molecule has 0 aliphatic carbocycles. The van der Waals surface area contributed by atoms with Gasteiger partial charge in [0.15, 0.2) is 0 Å². The molecule has 1 fully saturated rings. The number of nitrogens with zero attached hydrogens (tertiary/aromatic N) is 3. The molecule has 3 rings (SSSR count). The van der Waals surface area contributed by atoms with Crippen molar-refractivity contribution in [1.82, 2.24) is 14.7 Å². The summed E-state index contributed by atoms with van der Waals surface area (Å²) < 4.78 is 2.06. The van der Waals surface area contributed by atoms with Gasteiger partial charge < -0.3 is 4.90 Å². The highest BCUT2D eigenvalue weighted by Crippen LogP contribution is 2.19. The van der Waals surface area contributed by atoms with E-state index in [1.807, 2.05) is 6.20 Å². The van der Waals surface area contributed by atoms with Gasteiger partial charge in [-0.05, 0) is 44.7 Å². The highest BCUT2D eigenvalue weighted by Gasteiger charge is 2.16. The number of rotatable bonds is 6. The Morgan fingerprint density at radius 3 is 2.85 bits per heavy atom. The van der Waals surface area contributed by atoms with Crippen molar-refractivity contribution in [3.05, 3.63) is 50.8 Å². The summed E-state index contributed by atoms with van der Waals surface area (Å²) in [5.41, 5.74) is 1.04. The molecule has 4 nitrogen and oxygen atoms in total. The Balaban J connectivity index is 1.77. The SMILES string of the molecule is C/C=c1/cnn(Cc2cc(C(=N)N3CCCCC3)cs2)/c1=C/C=C\CCC. The lowest BCUT2D eigenvalue weighted by Gasteiger charge is -2.28. The van der Waals surface area contributed by atoms with Gasteiger partial charge in [0.2, 0.25) is 0 Å². The number of likely N-dealkylation sites (tertiary alicyclic amines) is 1. The highest BCUT2D eigenvalue weighted by atomic mass is 32.1. The van der Waals surface area contributed by atoms with Crippen molar-refractivity contribution >= 4 is 29.3 Å². The number of thiophene rings is 1. The summed E-state index contributed by atoms with van der Waals surface area (Å²) >= 11 is 1.72. The largest absolute Gasteiger partial charge is 0.357 e. The Morgan fingerprint density at radius 2 is 2.11 bits per heavy atom. The van der Waals surface area contributed by atoms with Crippen molar-refractivity contribution in [2.24, 2.45) is 0 Å². The smallest absolute Gasteiger partial charge is 0.128 e. The van der Waals surface area contributed by atoms with Crippen LogP contribution in [-0.4, -0.2) is 33.6 Å². The van der Waals surface area contributed by atoms with Crippen LogP contribution >= 0.6 is 11.3 Å². The van der Waals surface area contributed by atoms with E-state index in [-0.39, 0.29) is 0 Å². The zero-order valence-corrected chi connectivity index (χ0v) is 17.3. The predicted molar refractivity (Wildman–Crippen MR) is 116 cm³/mol. The molecule has 144 valence electrons. The molecule has 1 aliphatic rings. The Kier molecular flexibility index (Phi) is 7.04. The van der Waals surface area contributed by atoms with Gasteiger partial charge in [-0.25, -0.2) is 0 Å². The van der Waals surface area contributed by atoms with Crippen LogP contribution in [0.15, 0.2) is 29.8 Å². The molecule has 1 saturated heterocycles. The monoisotopic (exact) mass is 382 g/mol. The zero-order chi connectivity index (χ0) is 19.1. The Hall–Kier alpha value is -2.14. The summed E-state index contributed by atoms with van der Waals surface area (Å²) in [6, 6.07) is 2.16.